The first-order valence-corrected chi connectivity index (χ1v) is 8.96. The van der Waals surface area contributed by atoms with Crippen LogP contribution in [-0.2, 0) is 0 Å². The van der Waals surface area contributed by atoms with Gasteiger partial charge in [-0.15, -0.1) is 11.3 Å². The van der Waals surface area contributed by atoms with E-state index in [2.05, 4.69) is 16.4 Å². The summed E-state index contributed by atoms with van der Waals surface area (Å²) in [6.45, 7) is 1.42. The number of nitrogens with zero attached hydrogens (tertiary/aromatic N) is 3. The number of nitrogens with one attached hydrogen (secondary N) is 1. The van der Waals surface area contributed by atoms with Gasteiger partial charge in [-0.05, 0) is 31.1 Å². The van der Waals surface area contributed by atoms with Gasteiger partial charge < -0.3 is 4.90 Å². The summed E-state index contributed by atoms with van der Waals surface area (Å²) < 4.78 is 0. The topological polar surface area (TPSA) is 69.0 Å². The lowest BCUT2D eigenvalue weighted by atomic mass is 9.89. The van der Waals surface area contributed by atoms with Crippen molar-refractivity contribution in [2.45, 2.75) is 50.9 Å². The van der Waals surface area contributed by atoms with E-state index in [1.807, 2.05) is 6.20 Å². The fourth-order valence-corrected chi connectivity index (χ4v) is 4.38. The molecule has 0 spiro atoms. The van der Waals surface area contributed by atoms with Crippen molar-refractivity contribution >= 4 is 22.5 Å². The third kappa shape index (κ3) is 3.58. The highest BCUT2D eigenvalue weighted by Gasteiger charge is 2.26. The Hall–Kier alpha value is -1.61. The molecule has 0 bridgehead atoms. The van der Waals surface area contributed by atoms with Gasteiger partial charge in [0.25, 0.3) is 0 Å². The molecule has 1 aliphatic heterocycles. The Labute approximate surface area is 135 Å². The van der Waals surface area contributed by atoms with E-state index < -0.39 is 0 Å². The number of rotatable bonds is 3. The fraction of sp³-hybridized carbons (Fsp3) is 0.688. The van der Waals surface area contributed by atoms with Gasteiger partial charge >= 0.3 is 6.03 Å². The van der Waals surface area contributed by atoms with Gasteiger partial charge in [0.2, 0.25) is 0 Å². The zero-order valence-electron chi connectivity index (χ0n) is 12.8. The van der Waals surface area contributed by atoms with Crippen molar-refractivity contribution in [2.24, 2.45) is 5.92 Å². The number of amides is 2. The molecule has 2 aliphatic rings. The molecule has 1 aromatic rings. The highest BCUT2D eigenvalue weighted by Crippen LogP contribution is 2.36. The molecule has 0 unspecified atom stereocenters. The normalized spacial score (nSPS) is 22.5. The SMILES string of the molecule is N#CC[C@@H]1CCN(C(=O)Nc2ncc(C3CCCCC3)s2)C1. The number of hydrogen-bond acceptors (Lipinski definition) is 4. The predicted octanol–water partition coefficient (Wildman–Crippen LogP) is 3.96. The van der Waals surface area contributed by atoms with Gasteiger partial charge in [0.15, 0.2) is 5.13 Å². The second kappa shape index (κ2) is 7.10. The Balaban J connectivity index is 1.54. The van der Waals surface area contributed by atoms with Crippen molar-refractivity contribution in [1.29, 1.82) is 5.26 Å². The second-order valence-corrected chi connectivity index (χ2v) is 7.36. The van der Waals surface area contributed by atoms with Crippen molar-refractivity contribution in [1.82, 2.24) is 9.88 Å². The molecule has 1 aliphatic carbocycles. The first kappa shape index (κ1) is 15.3. The van der Waals surface area contributed by atoms with E-state index in [1.54, 1.807) is 16.2 Å². The molecule has 1 N–H and O–H groups in total. The van der Waals surface area contributed by atoms with Crippen LogP contribution in [0, 0.1) is 17.2 Å². The number of thiazole rings is 1. The zero-order chi connectivity index (χ0) is 15.4. The minimum atomic E-state index is -0.0787. The molecule has 3 rings (SSSR count). The fourth-order valence-electron chi connectivity index (χ4n) is 3.40. The standard InChI is InChI=1S/C16H22N4OS/c17-8-6-12-7-9-20(11-12)16(21)19-15-18-10-14(22-15)13-4-2-1-3-5-13/h10,12-13H,1-7,9,11H2,(H,18,19,21)/t12-/m1/s1. The molecule has 1 saturated heterocycles. The molecule has 6 heteroatoms. The zero-order valence-corrected chi connectivity index (χ0v) is 13.6. The van der Waals surface area contributed by atoms with Gasteiger partial charge in [0.05, 0.1) is 6.07 Å². The number of carbonyl (C=O) groups is 1. The predicted molar refractivity (Wildman–Crippen MR) is 86.9 cm³/mol. The van der Waals surface area contributed by atoms with Gasteiger partial charge in [-0.3, -0.25) is 5.32 Å². The summed E-state index contributed by atoms with van der Waals surface area (Å²) in [5, 5.41) is 12.4. The summed E-state index contributed by atoms with van der Waals surface area (Å²) in [6, 6.07) is 2.11. The molecule has 118 valence electrons. The van der Waals surface area contributed by atoms with E-state index in [9.17, 15) is 4.79 Å². The number of anilines is 1. The maximum Gasteiger partial charge on any atom is 0.323 e. The van der Waals surface area contributed by atoms with Crippen molar-refractivity contribution in [3.05, 3.63) is 11.1 Å². The average Bonchev–Trinajstić information content (AvgIpc) is 3.18. The van der Waals surface area contributed by atoms with Crippen molar-refractivity contribution in [2.75, 3.05) is 18.4 Å². The number of hydrogen-bond donors (Lipinski definition) is 1. The number of nitriles is 1. The van der Waals surface area contributed by atoms with Crippen molar-refractivity contribution < 1.29 is 4.79 Å². The van der Waals surface area contributed by atoms with Crippen LogP contribution in [0.2, 0.25) is 0 Å². The van der Waals surface area contributed by atoms with Gasteiger partial charge in [0, 0.05) is 30.6 Å². The van der Waals surface area contributed by atoms with Crippen LogP contribution in [0.5, 0.6) is 0 Å². The molecular weight excluding hydrogens is 296 g/mol. The van der Waals surface area contributed by atoms with Crippen LogP contribution in [-0.4, -0.2) is 29.0 Å². The Morgan fingerprint density at radius 1 is 1.41 bits per heavy atom. The molecule has 1 aromatic heterocycles. The Bertz CT molecular complexity index is 559. The first-order chi connectivity index (χ1) is 10.8. The lowest BCUT2D eigenvalue weighted by Gasteiger charge is -2.19. The minimum absolute atomic E-state index is 0.0787. The summed E-state index contributed by atoms with van der Waals surface area (Å²) in [6.07, 6.45) is 9.83. The number of urea groups is 1. The summed E-state index contributed by atoms with van der Waals surface area (Å²) in [7, 11) is 0. The average molecular weight is 318 g/mol. The molecule has 2 fully saturated rings. The molecule has 22 heavy (non-hydrogen) atoms. The Morgan fingerprint density at radius 3 is 3.00 bits per heavy atom. The molecule has 0 aromatic carbocycles. The van der Waals surface area contributed by atoms with Crippen LogP contribution in [0.25, 0.3) is 0 Å². The van der Waals surface area contributed by atoms with Crippen molar-refractivity contribution in [3.8, 4) is 6.07 Å². The molecular formula is C16H22N4OS. The maximum absolute atomic E-state index is 12.2. The quantitative estimate of drug-likeness (QED) is 0.917. The van der Waals surface area contributed by atoms with Crippen LogP contribution >= 0.6 is 11.3 Å². The minimum Gasteiger partial charge on any atom is -0.324 e. The monoisotopic (exact) mass is 318 g/mol. The maximum atomic E-state index is 12.2. The summed E-state index contributed by atoms with van der Waals surface area (Å²) in [5.74, 6) is 0.952. The Kier molecular flexibility index (Phi) is 4.94. The van der Waals surface area contributed by atoms with Gasteiger partial charge in [-0.1, -0.05) is 19.3 Å². The Morgan fingerprint density at radius 2 is 2.23 bits per heavy atom. The summed E-state index contributed by atoms with van der Waals surface area (Å²) in [4.78, 5) is 19.7. The van der Waals surface area contributed by atoms with Crippen LogP contribution in [0.15, 0.2) is 6.20 Å². The third-order valence-corrected chi connectivity index (χ3v) is 5.77. The van der Waals surface area contributed by atoms with E-state index in [4.69, 9.17) is 5.26 Å². The highest BCUT2D eigenvalue weighted by atomic mass is 32.1. The molecule has 5 nitrogen and oxygen atoms in total. The van der Waals surface area contributed by atoms with Gasteiger partial charge in [-0.2, -0.15) is 5.26 Å². The molecule has 1 saturated carbocycles. The number of aromatic nitrogens is 1. The van der Waals surface area contributed by atoms with E-state index in [0.29, 0.717) is 29.9 Å². The highest BCUT2D eigenvalue weighted by molar-refractivity contribution is 7.15. The first-order valence-electron chi connectivity index (χ1n) is 8.15. The van der Waals surface area contributed by atoms with Crippen LogP contribution in [0.4, 0.5) is 9.93 Å². The molecule has 2 amide bonds. The van der Waals surface area contributed by atoms with Crippen LogP contribution in [0.1, 0.15) is 55.7 Å². The van der Waals surface area contributed by atoms with Crippen molar-refractivity contribution in [3.63, 3.8) is 0 Å². The summed E-state index contributed by atoms with van der Waals surface area (Å²) in [5.41, 5.74) is 0. The lowest BCUT2D eigenvalue weighted by molar-refractivity contribution is 0.221. The van der Waals surface area contributed by atoms with E-state index in [-0.39, 0.29) is 6.03 Å². The molecule has 2 heterocycles. The molecule has 1 atom stereocenters. The molecule has 0 radical (unpaired) electrons. The lowest BCUT2D eigenvalue weighted by Crippen LogP contribution is -2.32. The smallest absolute Gasteiger partial charge is 0.323 e. The van der Waals surface area contributed by atoms with Crippen LogP contribution in [0.3, 0.4) is 0 Å². The van der Waals surface area contributed by atoms with Gasteiger partial charge in [0.1, 0.15) is 0 Å². The van der Waals surface area contributed by atoms with E-state index in [0.717, 1.165) is 13.0 Å². The number of likely N-dealkylation sites (tertiary alicyclic amines) is 1. The largest absolute Gasteiger partial charge is 0.324 e. The number of carbonyl (C=O) groups excluding carboxylic acids is 1. The van der Waals surface area contributed by atoms with Crippen LogP contribution < -0.4 is 5.32 Å². The van der Waals surface area contributed by atoms with E-state index in [1.165, 1.54) is 37.0 Å². The third-order valence-electron chi connectivity index (χ3n) is 4.70. The second-order valence-electron chi connectivity index (χ2n) is 6.30. The van der Waals surface area contributed by atoms with E-state index >= 15 is 0 Å². The summed E-state index contributed by atoms with van der Waals surface area (Å²) >= 11 is 1.62. The van der Waals surface area contributed by atoms with Gasteiger partial charge in [-0.25, -0.2) is 9.78 Å².